The van der Waals surface area contributed by atoms with Crippen LogP contribution in [-0.2, 0) is 6.54 Å². The fourth-order valence-electron chi connectivity index (χ4n) is 2.28. The van der Waals surface area contributed by atoms with Crippen molar-refractivity contribution in [1.29, 1.82) is 0 Å². The second-order valence-corrected chi connectivity index (χ2v) is 6.99. The van der Waals surface area contributed by atoms with Crippen molar-refractivity contribution in [3.05, 3.63) is 70.7 Å². The molecule has 0 saturated heterocycles. The predicted molar refractivity (Wildman–Crippen MR) is 124 cm³/mol. The number of benzene rings is 2. The maximum atomic E-state index is 6.00. The van der Waals surface area contributed by atoms with Gasteiger partial charge in [-0.05, 0) is 24.3 Å². The molecule has 3 aromatic rings. The van der Waals surface area contributed by atoms with Crippen LogP contribution in [-0.4, -0.2) is 10.9 Å². The summed E-state index contributed by atoms with van der Waals surface area (Å²) in [5.74, 6) is 2.30. The molecule has 0 saturated carbocycles. The van der Waals surface area contributed by atoms with E-state index in [0.29, 0.717) is 18.4 Å². The molecule has 3 rings (SSSR count). The molecule has 3 N–H and O–H groups in total. The quantitative estimate of drug-likeness (QED) is 0.266. The van der Waals surface area contributed by atoms with Gasteiger partial charge in [0.15, 0.2) is 5.96 Å². The van der Waals surface area contributed by atoms with Gasteiger partial charge in [-0.25, -0.2) is 9.98 Å². The van der Waals surface area contributed by atoms with Gasteiger partial charge in [0.05, 0.1) is 17.2 Å². The molecule has 5 nitrogen and oxygen atoms in total. The van der Waals surface area contributed by atoms with E-state index in [1.165, 1.54) is 0 Å². The summed E-state index contributed by atoms with van der Waals surface area (Å²) in [7, 11) is 0. The van der Waals surface area contributed by atoms with E-state index in [1.807, 2.05) is 60.0 Å². The third-order valence-electron chi connectivity index (χ3n) is 3.56. The molecule has 2 aromatic carbocycles. The number of nitrogens with two attached hydrogens (primary N) is 1. The largest absolute Gasteiger partial charge is 0.457 e. The van der Waals surface area contributed by atoms with Crippen molar-refractivity contribution >= 4 is 47.0 Å². The molecule has 7 heteroatoms. The van der Waals surface area contributed by atoms with E-state index in [0.717, 1.165) is 27.9 Å². The number of anilines is 1. The highest BCUT2D eigenvalue weighted by Gasteiger charge is 2.05. The molecule has 27 heavy (non-hydrogen) atoms. The Morgan fingerprint density at radius 1 is 1.15 bits per heavy atom. The van der Waals surface area contributed by atoms with Crippen molar-refractivity contribution in [3.63, 3.8) is 0 Å². The Kier molecular flexibility index (Phi) is 8.05. The first-order valence-corrected chi connectivity index (χ1v) is 9.32. The fourth-order valence-corrected chi connectivity index (χ4v) is 3.10. The van der Waals surface area contributed by atoms with Gasteiger partial charge in [-0.1, -0.05) is 38.1 Å². The number of aliphatic imine (C=N–C) groups is 1. The second-order valence-electron chi connectivity index (χ2n) is 6.10. The second kappa shape index (κ2) is 10.3. The summed E-state index contributed by atoms with van der Waals surface area (Å²) in [6.45, 7) is 4.72. The molecule has 0 fully saturated rings. The summed E-state index contributed by atoms with van der Waals surface area (Å²) in [4.78, 5) is 8.92. The zero-order valence-electron chi connectivity index (χ0n) is 15.3. The molecule has 0 aliphatic rings. The number of aromatic nitrogens is 1. The van der Waals surface area contributed by atoms with E-state index in [1.54, 1.807) is 11.3 Å². The van der Waals surface area contributed by atoms with Crippen LogP contribution in [0.15, 0.2) is 65.0 Å². The zero-order chi connectivity index (χ0) is 18.4. The van der Waals surface area contributed by atoms with Crippen LogP contribution in [0.5, 0.6) is 11.5 Å². The van der Waals surface area contributed by atoms with Crippen molar-refractivity contribution in [2.45, 2.75) is 26.3 Å². The summed E-state index contributed by atoms with van der Waals surface area (Å²) < 4.78 is 5.83. The lowest BCUT2D eigenvalue weighted by Crippen LogP contribution is -2.22. The number of ether oxygens (including phenoxy) is 1. The summed E-state index contributed by atoms with van der Waals surface area (Å²) in [6.07, 6.45) is 0. The number of thiazole rings is 1. The highest BCUT2D eigenvalue weighted by atomic mass is 127. The predicted octanol–water partition coefficient (Wildman–Crippen LogP) is 5.60. The van der Waals surface area contributed by atoms with Gasteiger partial charge < -0.3 is 15.8 Å². The Labute approximate surface area is 180 Å². The van der Waals surface area contributed by atoms with Crippen LogP contribution in [0.2, 0.25) is 0 Å². The van der Waals surface area contributed by atoms with Crippen LogP contribution in [0, 0.1) is 0 Å². The van der Waals surface area contributed by atoms with Crippen molar-refractivity contribution in [3.8, 4) is 11.5 Å². The number of hydrogen-bond acceptors (Lipinski definition) is 4. The maximum Gasteiger partial charge on any atom is 0.193 e. The Morgan fingerprint density at radius 3 is 2.59 bits per heavy atom. The first kappa shape index (κ1) is 21.2. The Hall–Kier alpha value is -2.13. The normalized spacial score (nSPS) is 11.1. The molecule has 0 bridgehead atoms. The van der Waals surface area contributed by atoms with Gasteiger partial charge in [-0.3, -0.25) is 0 Å². The lowest BCUT2D eigenvalue weighted by Gasteiger charge is -2.09. The van der Waals surface area contributed by atoms with E-state index in [2.05, 4.69) is 29.1 Å². The minimum absolute atomic E-state index is 0. The third-order valence-corrected chi connectivity index (χ3v) is 4.75. The van der Waals surface area contributed by atoms with Crippen LogP contribution in [0.4, 0.5) is 5.69 Å². The Morgan fingerprint density at radius 2 is 1.89 bits per heavy atom. The molecule has 0 radical (unpaired) electrons. The third kappa shape index (κ3) is 6.51. The van der Waals surface area contributed by atoms with Crippen LogP contribution < -0.4 is 15.8 Å². The maximum absolute atomic E-state index is 6.00. The lowest BCUT2D eigenvalue weighted by molar-refractivity contribution is 0.483. The van der Waals surface area contributed by atoms with E-state index in [9.17, 15) is 0 Å². The van der Waals surface area contributed by atoms with Crippen molar-refractivity contribution in [2.24, 2.45) is 10.7 Å². The van der Waals surface area contributed by atoms with E-state index >= 15 is 0 Å². The van der Waals surface area contributed by atoms with Crippen molar-refractivity contribution in [2.75, 3.05) is 5.32 Å². The van der Waals surface area contributed by atoms with Crippen LogP contribution in [0.3, 0.4) is 0 Å². The van der Waals surface area contributed by atoms with Gasteiger partial charge in [0.25, 0.3) is 0 Å². The molecule has 0 aliphatic heterocycles. The summed E-state index contributed by atoms with van der Waals surface area (Å²) >= 11 is 1.66. The molecule has 142 valence electrons. The fraction of sp³-hybridized carbons (Fsp3) is 0.200. The average molecular weight is 494 g/mol. The number of nitrogens with zero attached hydrogens (tertiary/aromatic N) is 2. The number of para-hydroxylation sites is 1. The lowest BCUT2D eigenvalue weighted by atomic mass is 10.2. The van der Waals surface area contributed by atoms with Crippen molar-refractivity contribution < 1.29 is 4.74 Å². The molecule has 1 aromatic heterocycles. The highest BCUT2D eigenvalue weighted by Crippen LogP contribution is 2.24. The molecular formula is C20H23IN4OS. The SMILES string of the molecule is CC(C)c1nc(CN=C(N)Nc2cccc(Oc3ccccc3)c2)cs1.I. The Bertz CT molecular complexity index is 880. The standard InChI is InChI=1S/C20H22N4OS.HI/c1-14(2)19-23-16(13-26-19)12-22-20(21)24-15-7-6-10-18(11-15)25-17-8-4-3-5-9-17;/h3-11,13-14H,12H2,1-2H3,(H3,21,22,24);1H. The van der Waals surface area contributed by atoms with Gasteiger partial charge >= 0.3 is 0 Å². The molecule has 1 heterocycles. The molecular weight excluding hydrogens is 471 g/mol. The smallest absolute Gasteiger partial charge is 0.193 e. The summed E-state index contributed by atoms with van der Waals surface area (Å²) in [6, 6.07) is 17.3. The summed E-state index contributed by atoms with van der Waals surface area (Å²) in [5, 5.41) is 6.24. The highest BCUT2D eigenvalue weighted by molar-refractivity contribution is 14.0. The average Bonchev–Trinajstić information content (AvgIpc) is 3.11. The van der Waals surface area contributed by atoms with Gasteiger partial charge in [-0.15, -0.1) is 35.3 Å². The molecule has 0 atom stereocenters. The van der Waals surface area contributed by atoms with Crippen LogP contribution in [0.25, 0.3) is 0 Å². The van der Waals surface area contributed by atoms with Crippen molar-refractivity contribution in [1.82, 2.24) is 4.98 Å². The minimum Gasteiger partial charge on any atom is -0.457 e. The van der Waals surface area contributed by atoms with Gasteiger partial charge in [0.1, 0.15) is 11.5 Å². The number of rotatable bonds is 6. The van der Waals surface area contributed by atoms with Crippen LogP contribution >= 0.6 is 35.3 Å². The summed E-state index contributed by atoms with van der Waals surface area (Å²) in [5.41, 5.74) is 7.75. The number of hydrogen-bond donors (Lipinski definition) is 2. The number of halogens is 1. The van der Waals surface area contributed by atoms with Gasteiger partial charge in [-0.2, -0.15) is 0 Å². The van der Waals surface area contributed by atoms with Gasteiger partial charge in [0.2, 0.25) is 0 Å². The molecule has 0 spiro atoms. The zero-order valence-corrected chi connectivity index (χ0v) is 18.4. The molecule has 0 aliphatic carbocycles. The number of nitrogens with one attached hydrogen (secondary N) is 1. The van der Waals surface area contributed by atoms with Crippen LogP contribution in [0.1, 0.15) is 30.5 Å². The molecule has 0 amide bonds. The number of guanidine groups is 1. The first-order chi connectivity index (χ1) is 12.6. The van der Waals surface area contributed by atoms with E-state index in [4.69, 9.17) is 10.5 Å². The van der Waals surface area contributed by atoms with Gasteiger partial charge in [0, 0.05) is 23.1 Å². The van der Waals surface area contributed by atoms with E-state index in [-0.39, 0.29) is 24.0 Å². The Balaban J connectivity index is 0.00000261. The monoisotopic (exact) mass is 494 g/mol. The minimum atomic E-state index is 0. The molecule has 0 unspecified atom stereocenters. The topological polar surface area (TPSA) is 72.5 Å². The van der Waals surface area contributed by atoms with E-state index < -0.39 is 0 Å². The first-order valence-electron chi connectivity index (χ1n) is 8.44.